The molecule has 5 nitrogen and oxygen atoms in total. The molecule has 0 aliphatic heterocycles. The van der Waals surface area contributed by atoms with Crippen molar-refractivity contribution in [1.29, 1.82) is 0 Å². The first kappa shape index (κ1) is 20.0. The van der Waals surface area contributed by atoms with Crippen LogP contribution in [0.4, 0.5) is 0 Å². The minimum absolute atomic E-state index is 0.0239. The molecule has 0 atom stereocenters. The van der Waals surface area contributed by atoms with E-state index in [2.05, 4.69) is 5.10 Å². The Morgan fingerprint density at radius 2 is 1.86 bits per heavy atom. The van der Waals surface area contributed by atoms with Gasteiger partial charge in [0.25, 0.3) is 5.91 Å². The largest absolute Gasteiger partial charge is 0.483 e. The zero-order valence-corrected chi connectivity index (χ0v) is 17.3. The topological polar surface area (TPSA) is 47.4 Å². The molecule has 2 aromatic carbocycles. The molecule has 6 heteroatoms. The molecule has 0 spiro atoms. The van der Waals surface area contributed by atoms with Gasteiger partial charge in [0.1, 0.15) is 5.75 Å². The molecule has 0 bridgehead atoms. The number of halogens is 1. The van der Waals surface area contributed by atoms with Gasteiger partial charge in [0, 0.05) is 29.9 Å². The molecular weight excluding hydrogens is 374 g/mol. The van der Waals surface area contributed by atoms with Gasteiger partial charge in [-0.3, -0.25) is 4.79 Å². The first-order valence-electron chi connectivity index (χ1n) is 9.10. The Morgan fingerprint density at radius 1 is 1.14 bits per heavy atom. The van der Waals surface area contributed by atoms with Gasteiger partial charge in [0.05, 0.1) is 11.4 Å². The molecule has 0 saturated heterocycles. The number of aromatic nitrogens is 2. The summed E-state index contributed by atoms with van der Waals surface area (Å²) in [5, 5.41) is 5.29. The summed E-state index contributed by atoms with van der Waals surface area (Å²) in [6, 6.07) is 15.3. The van der Waals surface area contributed by atoms with Gasteiger partial charge in [-0.15, -0.1) is 0 Å². The Balaban J connectivity index is 1.68. The second-order valence-corrected chi connectivity index (χ2v) is 7.28. The molecule has 146 valence electrons. The lowest BCUT2D eigenvalue weighted by atomic mass is 10.2. The van der Waals surface area contributed by atoms with Crippen LogP contribution in [0, 0.1) is 20.8 Å². The molecule has 3 aromatic rings. The van der Waals surface area contributed by atoms with E-state index in [1.54, 1.807) is 24.1 Å². The van der Waals surface area contributed by atoms with Crippen LogP contribution in [0.1, 0.15) is 22.5 Å². The highest BCUT2D eigenvalue weighted by Crippen LogP contribution is 2.22. The number of nitrogens with zero attached hydrogens (tertiary/aromatic N) is 3. The SMILES string of the molecule is Cc1cc(Cl)ccc1OCC(=O)N(C)Cc1c(C)nn(-c2ccccc2)c1C. The van der Waals surface area contributed by atoms with Crippen molar-refractivity contribution in [3.63, 3.8) is 0 Å². The van der Waals surface area contributed by atoms with E-state index in [-0.39, 0.29) is 12.5 Å². The third-order valence-electron chi connectivity index (χ3n) is 4.75. The third kappa shape index (κ3) is 4.37. The predicted molar refractivity (Wildman–Crippen MR) is 111 cm³/mol. The number of amides is 1. The molecule has 1 heterocycles. The third-order valence-corrected chi connectivity index (χ3v) is 4.99. The fourth-order valence-corrected chi connectivity index (χ4v) is 3.30. The molecular formula is C22H24ClN3O2. The molecule has 0 radical (unpaired) electrons. The standard InChI is InChI=1S/C22H24ClN3O2/c1-15-12-18(23)10-11-21(15)28-14-22(27)25(4)13-20-16(2)24-26(17(20)3)19-8-6-5-7-9-19/h5-12H,13-14H2,1-4H3. The Morgan fingerprint density at radius 3 is 2.54 bits per heavy atom. The van der Waals surface area contributed by atoms with Gasteiger partial charge in [-0.2, -0.15) is 5.10 Å². The van der Waals surface area contributed by atoms with Crippen LogP contribution in [-0.2, 0) is 11.3 Å². The average molecular weight is 398 g/mol. The molecule has 1 amide bonds. The maximum atomic E-state index is 12.5. The molecule has 1 aromatic heterocycles. The van der Waals surface area contributed by atoms with Crippen molar-refractivity contribution in [2.24, 2.45) is 0 Å². The number of likely N-dealkylation sites (N-methyl/N-ethyl adjacent to an activating group) is 1. The fourth-order valence-electron chi connectivity index (χ4n) is 3.07. The van der Waals surface area contributed by atoms with E-state index in [0.29, 0.717) is 17.3 Å². The highest BCUT2D eigenvalue weighted by atomic mass is 35.5. The summed E-state index contributed by atoms with van der Waals surface area (Å²) in [6.07, 6.45) is 0. The maximum Gasteiger partial charge on any atom is 0.260 e. The van der Waals surface area contributed by atoms with Gasteiger partial charge in [-0.25, -0.2) is 4.68 Å². The van der Waals surface area contributed by atoms with Crippen LogP contribution in [-0.4, -0.2) is 34.2 Å². The average Bonchev–Trinajstić information content (AvgIpc) is 2.96. The lowest BCUT2D eigenvalue weighted by Gasteiger charge is -2.18. The summed E-state index contributed by atoms with van der Waals surface area (Å²) in [5.74, 6) is 0.566. The van der Waals surface area contributed by atoms with Crippen LogP contribution in [0.2, 0.25) is 5.02 Å². The maximum absolute atomic E-state index is 12.5. The van der Waals surface area contributed by atoms with E-state index < -0.39 is 0 Å². The number of carbonyl (C=O) groups excluding carboxylic acids is 1. The van der Waals surface area contributed by atoms with Gasteiger partial charge in [0.15, 0.2) is 6.61 Å². The van der Waals surface area contributed by atoms with E-state index >= 15 is 0 Å². The number of carbonyl (C=O) groups is 1. The number of aryl methyl sites for hydroxylation is 2. The lowest BCUT2D eigenvalue weighted by molar-refractivity contribution is -0.132. The van der Waals surface area contributed by atoms with E-state index in [4.69, 9.17) is 16.3 Å². The predicted octanol–water partition coefficient (Wildman–Crippen LogP) is 4.49. The molecule has 0 aliphatic rings. The van der Waals surface area contributed by atoms with Crippen molar-refractivity contribution in [2.45, 2.75) is 27.3 Å². The zero-order chi connectivity index (χ0) is 20.3. The summed E-state index contributed by atoms with van der Waals surface area (Å²) in [5.41, 5.74) is 4.89. The Labute approximate surface area is 170 Å². The fraction of sp³-hybridized carbons (Fsp3) is 0.273. The lowest BCUT2D eigenvalue weighted by Crippen LogP contribution is -2.31. The van der Waals surface area contributed by atoms with Crippen molar-refractivity contribution in [2.75, 3.05) is 13.7 Å². The van der Waals surface area contributed by atoms with Gasteiger partial charge in [-0.05, 0) is 56.7 Å². The summed E-state index contributed by atoms with van der Waals surface area (Å²) in [6.45, 7) is 6.35. The van der Waals surface area contributed by atoms with Gasteiger partial charge in [0.2, 0.25) is 0 Å². The van der Waals surface area contributed by atoms with Crippen molar-refractivity contribution >= 4 is 17.5 Å². The number of rotatable bonds is 6. The smallest absolute Gasteiger partial charge is 0.260 e. The number of hydrogen-bond donors (Lipinski definition) is 0. The normalized spacial score (nSPS) is 10.8. The first-order valence-corrected chi connectivity index (χ1v) is 9.48. The summed E-state index contributed by atoms with van der Waals surface area (Å²) in [4.78, 5) is 14.2. The van der Waals surface area contributed by atoms with E-state index in [1.807, 2.05) is 61.9 Å². The molecule has 0 unspecified atom stereocenters. The van der Waals surface area contributed by atoms with Crippen LogP contribution in [0.5, 0.6) is 5.75 Å². The number of para-hydroxylation sites is 1. The minimum Gasteiger partial charge on any atom is -0.483 e. The van der Waals surface area contributed by atoms with Crippen molar-refractivity contribution in [3.8, 4) is 11.4 Å². The highest BCUT2D eigenvalue weighted by Gasteiger charge is 2.18. The molecule has 3 rings (SSSR count). The molecule has 28 heavy (non-hydrogen) atoms. The minimum atomic E-state index is -0.0967. The summed E-state index contributed by atoms with van der Waals surface area (Å²) in [7, 11) is 1.78. The number of ether oxygens (including phenoxy) is 1. The first-order chi connectivity index (χ1) is 13.4. The second kappa shape index (κ2) is 8.48. The Hall–Kier alpha value is -2.79. The van der Waals surface area contributed by atoms with E-state index in [9.17, 15) is 4.79 Å². The molecule has 0 saturated carbocycles. The van der Waals surface area contributed by atoms with Crippen molar-refractivity contribution < 1.29 is 9.53 Å². The summed E-state index contributed by atoms with van der Waals surface area (Å²) < 4.78 is 7.59. The highest BCUT2D eigenvalue weighted by molar-refractivity contribution is 6.30. The molecule has 0 N–H and O–H groups in total. The van der Waals surface area contributed by atoms with Crippen LogP contribution in [0.25, 0.3) is 5.69 Å². The van der Waals surface area contributed by atoms with E-state index in [0.717, 1.165) is 28.2 Å². The van der Waals surface area contributed by atoms with Gasteiger partial charge < -0.3 is 9.64 Å². The Kier molecular flexibility index (Phi) is 6.05. The second-order valence-electron chi connectivity index (χ2n) is 6.85. The summed E-state index contributed by atoms with van der Waals surface area (Å²) >= 11 is 5.96. The van der Waals surface area contributed by atoms with Gasteiger partial charge >= 0.3 is 0 Å². The van der Waals surface area contributed by atoms with Gasteiger partial charge in [-0.1, -0.05) is 29.8 Å². The van der Waals surface area contributed by atoms with Crippen LogP contribution >= 0.6 is 11.6 Å². The van der Waals surface area contributed by atoms with Crippen LogP contribution in [0.3, 0.4) is 0 Å². The van der Waals surface area contributed by atoms with Crippen LogP contribution in [0.15, 0.2) is 48.5 Å². The van der Waals surface area contributed by atoms with Crippen molar-refractivity contribution in [1.82, 2.24) is 14.7 Å². The number of benzene rings is 2. The molecule has 0 aliphatic carbocycles. The van der Waals surface area contributed by atoms with E-state index in [1.165, 1.54) is 0 Å². The zero-order valence-electron chi connectivity index (χ0n) is 16.6. The van der Waals surface area contributed by atoms with Crippen molar-refractivity contribution in [3.05, 3.63) is 76.1 Å². The molecule has 0 fully saturated rings. The van der Waals surface area contributed by atoms with Crippen LogP contribution < -0.4 is 4.74 Å². The Bertz CT molecular complexity index is 983. The number of hydrogen-bond acceptors (Lipinski definition) is 3. The monoisotopic (exact) mass is 397 g/mol. The quantitative estimate of drug-likeness (QED) is 0.615.